The molecule has 310 valence electrons. The Morgan fingerprint density at radius 3 is 2.29 bits per heavy atom. The van der Waals surface area contributed by atoms with Crippen LogP contribution in [0.15, 0.2) is 35.4 Å². The molecule has 1 aromatic rings. The number of esters is 2. The maximum atomic E-state index is 14.6. The van der Waals surface area contributed by atoms with Gasteiger partial charge in [-0.1, -0.05) is 51.0 Å². The predicted molar refractivity (Wildman–Crippen MR) is 203 cm³/mol. The van der Waals surface area contributed by atoms with Gasteiger partial charge in [-0.2, -0.15) is 0 Å². The second-order valence-electron chi connectivity index (χ2n) is 16.1. The summed E-state index contributed by atoms with van der Waals surface area (Å²) in [5.41, 5.74) is 6.41. The van der Waals surface area contributed by atoms with Gasteiger partial charge in [0.15, 0.2) is 23.8 Å². The van der Waals surface area contributed by atoms with Crippen molar-refractivity contribution in [1.82, 2.24) is 9.80 Å². The Morgan fingerprint density at radius 2 is 1.70 bits per heavy atom. The van der Waals surface area contributed by atoms with Crippen LogP contribution in [0.5, 0.6) is 0 Å². The van der Waals surface area contributed by atoms with Crippen LogP contribution in [-0.2, 0) is 42.8 Å². The van der Waals surface area contributed by atoms with Crippen molar-refractivity contribution in [2.75, 3.05) is 34.3 Å². The Morgan fingerprint density at radius 1 is 1.04 bits per heavy atom. The molecule has 3 fully saturated rings. The highest BCUT2D eigenvalue weighted by Gasteiger charge is 2.60. The van der Waals surface area contributed by atoms with Crippen molar-refractivity contribution in [1.29, 1.82) is 0 Å². The molecule has 4 rings (SSSR count). The number of rotatable bonds is 10. The summed E-state index contributed by atoms with van der Waals surface area (Å²) in [5.74, 6) is -6.09. The maximum absolute atomic E-state index is 14.6. The number of Topliss-reactive ketones (excluding diaryl/α,β-unsaturated/α-hetero) is 2. The van der Waals surface area contributed by atoms with Crippen LogP contribution in [0.25, 0.3) is 10.4 Å². The summed E-state index contributed by atoms with van der Waals surface area (Å²) in [5, 5.41) is 3.59. The van der Waals surface area contributed by atoms with Gasteiger partial charge in [0.25, 0.3) is 0 Å². The maximum Gasteiger partial charge on any atom is 0.410 e. The van der Waals surface area contributed by atoms with Crippen LogP contribution in [-0.4, -0.2) is 128 Å². The molecule has 0 radical (unpaired) electrons. The van der Waals surface area contributed by atoms with Gasteiger partial charge in [0, 0.05) is 42.9 Å². The number of fused-ring (bicyclic) bond motifs is 1. The topological polar surface area (TPSA) is 196 Å². The van der Waals surface area contributed by atoms with Crippen molar-refractivity contribution in [3.8, 4) is 0 Å². The fraction of sp³-hybridized carbons (Fsp3) is 0.725. The second kappa shape index (κ2) is 18.5. The second-order valence-corrected chi connectivity index (χ2v) is 16.1. The zero-order chi connectivity index (χ0) is 41.7. The Bertz CT molecular complexity index is 1640. The van der Waals surface area contributed by atoms with Gasteiger partial charge in [0.2, 0.25) is 0 Å². The molecule has 16 nitrogen and oxygen atoms in total. The van der Waals surface area contributed by atoms with E-state index in [-0.39, 0.29) is 43.9 Å². The highest BCUT2D eigenvalue weighted by molar-refractivity contribution is 6.00. The van der Waals surface area contributed by atoms with Crippen LogP contribution < -0.4 is 0 Å². The third-order valence-electron chi connectivity index (χ3n) is 11.9. The molecule has 13 atom stereocenters. The number of carbonyl (C=O) groups excluding carboxylic acids is 5. The van der Waals surface area contributed by atoms with E-state index in [9.17, 15) is 24.0 Å². The van der Waals surface area contributed by atoms with Crippen LogP contribution in [0.4, 0.5) is 4.79 Å². The molecule has 3 heterocycles. The van der Waals surface area contributed by atoms with E-state index >= 15 is 0 Å². The van der Waals surface area contributed by atoms with Gasteiger partial charge in [-0.3, -0.25) is 14.4 Å². The Balaban J connectivity index is 1.81. The summed E-state index contributed by atoms with van der Waals surface area (Å²) in [4.78, 5) is 76.0. The number of methoxy groups -OCH3 is 1. The van der Waals surface area contributed by atoms with Crippen LogP contribution in [0.1, 0.15) is 85.0 Å². The van der Waals surface area contributed by atoms with Crippen LogP contribution in [0.3, 0.4) is 0 Å². The van der Waals surface area contributed by atoms with Crippen molar-refractivity contribution in [2.45, 2.75) is 129 Å². The van der Waals surface area contributed by atoms with E-state index < -0.39 is 89.3 Å². The van der Waals surface area contributed by atoms with Crippen molar-refractivity contribution in [2.24, 2.45) is 28.8 Å². The molecule has 3 aliphatic heterocycles. The normalized spacial score (nSPS) is 37.2. The molecule has 16 heteroatoms. The van der Waals surface area contributed by atoms with Gasteiger partial charge < -0.3 is 38.2 Å². The minimum Gasteiger partial charge on any atom is -0.458 e. The van der Waals surface area contributed by atoms with Gasteiger partial charge in [0.1, 0.15) is 17.8 Å². The van der Waals surface area contributed by atoms with Crippen LogP contribution in [0, 0.1) is 23.7 Å². The number of cyclic esters (lactones) is 1. The Kier molecular flexibility index (Phi) is 14.7. The standard InChI is InChI=1S/C40H59N5O11/c1-12-29-40(8)33(45(38(50)56-40)19-18-42-43-41)24(4)30(46)22(2)21-39(7,51-11)34(25(5)31(47)26(6)35(48)53-29)55-37-32(28(44(9)10)20-23(3)52-37)54-36(49)27-16-14-13-15-17-27/h13-17,22-26,28-29,32-34,37H,12,18-21H2,1-11H3/t22-,23-,24+,25+,26-,28+,29-,32-,33-,34-,37+,39+,40-/m1/s1. The average molecular weight is 786 g/mol. The lowest BCUT2D eigenvalue weighted by Gasteiger charge is -2.47. The van der Waals surface area contributed by atoms with E-state index in [0.717, 1.165) is 0 Å². The number of nitrogens with zero attached hydrogens (tertiary/aromatic N) is 5. The van der Waals surface area contributed by atoms with Crippen LogP contribution in [0.2, 0.25) is 0 Å². The molecule has 0 aliphatic carbocycles. The van der Waals surface area contributed by atoms with Gasteiger partial charge in [-0.25, -0.2) is 9.59 Å². The minimum absolute atomic E-state index is 0.0403. The first-order valence-electron chi connectivity index (χ1n) is 19.4. The van der Waals surface area contributed by atoms with Crippen LogP contribution >= 0.6 is 0 Å². The van der Waals surface area contributed by atoms with E-state index in [1.807, 2.05) is 25.9 Å². The summed E-state index contributed by atoms with van der Waals surface area (Å²) in [6, 6.07) is 7.28. The van der Waals surface area contributed by atoms with Gasteiger partial charge in [0.05, 0.1) is 35.5 Å². The molecule has 0 N–H and O–H groups in total. The van der Waals surface area contributed by atoms with Crippen molar-refractivity contribution >= 4 is 29.6 Å². The summed E-state index contributed by atoms with van der Waals surface area (Å²) < 4.78 is 37.6. The molecule has 3 aliphatic rings. The quantitative estimate of drug-likeness (QED) is 0.0736. The molecule has 0 saturated carbocycles. The van der Waals surface area contributed by atoms with E-state index in [0.29, 0.717) is 12.0 Å². The van der Waals surface area contributed by atoms with Crippen molar-refractivity contribution in [3.05, 3.63) is 46.3 Å². The average Bonchev–Trinajstić information content (AvgIpc) is 3.43. The zero-order valence-electron chi connectivity index (χ0n) is 34.5. The lowest BCUT2D eigenvalue weighted by molar-refractivity contribution is -0.294. The fourth-order valence-corrected chi connectivity index (χ4v) is 8.78. The van der Waals surface area contributed by atoms with Gasteiger partial charge in [-0.05, 0) is 78.7 Å². The highest BCUT2D eigenvalue weighted by atomic mass is 16.7. The Hall–Kier alpha value is -4.08. The number of amides is 1. The molecule has 56 heavy (non-hydrogen) atoms. The number of azide groups is 1. The molecule has 0 aromatic heterocycles. The number of ether oxygens (including phenoxy) is 6. The van der Waals surface area contributed by atoms with E-state index in [1.54, 1.807) is 71.9 Å². The molecule has 3 saturated heterocycles. The zero-order valence-corrected chi connectivity index (χ0v) is 34.5. The number of benzene rings is 1. The molecular formula is C40H59N5O11. The Labute approximate surface area is 329 Å². The monoisotopic (exact) mass is 785 g/mol. The minimum atomic E-state index is -1.49. The fourth-order valence-electron chi connectivity index (χ4n) is 8.78. The van der Waals surface area contributed by atoms with Crippen molar-refractivity contribution < 1.29 is 52.4 Å². The van der Waals surface area contributed by atoms with E-state index in [1.165, 1.54) is 18.9 Å². The summed E-state index contributed by atoms with van der Waals surface area (Å²) >= 11 is 0. The van der Waals surface area contributed by atoms with Gasteiger partial charge >= 0.3 is 18.0 Å². The largest absolute Gasteiger partial charge is 0.458 e. The number of hydrogen-bond donors (Lipinski definition) is 0. The highest BCUT2D eigenvalue weighted by Crippen LogP contribution is 2.43. The molecule has 1 aromatic carbocycles. The molecule has 0 spiro atoms. The molecule has 1 amide bonds. The molecular weight excluding hydrogens is 726 g/mol. The number of ketones is 2. The first kappa shape index (κ1) is 44.6. The first-order valence-corrected chi connectivity index (χ1v) is 19.4. The summed E-state index contributed by atoms with van der Waals surface area (Å²) in [6.45, 7) is 13.4. The lowest BCUT2D eigenvalue weighted by atomic mass is 9.73. The summed E-state index contributed by atoms with van der Waals surface area (Å²) in [7, 11) is 5.19. The number of carbonyl (C=O) groups is 5. The van der Waals surface area contributed by atoms with E-state index in [4.69, 9.17) is 34.0 Å². The third kappa shape index (κ3) is 9.21. The number of hydrogen-bond acceptors (Lipinski definition) is 13. The van der Waals surface area contributed by atoms with Crippen molar-refractivity contribution in [3.63, 3.8) is 0 Å². The van der Waals surface area contributed by atoms with Gasteiger partial charge in [-0.15, -0.1) is 0 Å². The third-order valence-corrected chi connectivity index (χ3v) is 11.9. The predicted octanol–water partition coefficient (Wildman–Crippen LogP) is 5.37. The summed E-state index contributed by atoms with van der Waals surface area (Å²) in [6.07, 6.45) is -4.64. The SMILES string of the molecule is CC[C@H]1OC(=O)[C@H](C)C(=O)[C@H](C)[C@@H](O[C@@H]2O[C@H](C)C[C@H](N(C)C)[C@H]2OC(=O)c2ccccc2)[C@@](C)(OC)C[C@@H](C)C(=O)[C@H](C)[C@H]2N(CCN=[N+]=[N-])C(=O)O[C@]12C. The number of likely N-dealkylation sites (N-methyl/N-ethyl adjacent to an activating group) is 1. The molecule has 0 unspecified atom stereocenters. The molecule has 0 bridgehead atoms. The van der Waals surface area contributed by atoms with E-state index in [2.05, 4.69) is 10.0 Å². The first-order chi connectivity index (χ1) is 26.3. The lowest BCUT2D eigenvalue weighted by Crippen LogP contribution is -2.61. The smallest absolute Gasteiger partial charge is 0.410 e.